The Morgan fingerprint density at radius 2 is 1.79 bits per heavy atom. The van der Waals surface area contributed by atoms with Gasteiger partial charge in [0, 0.05) is 38.8 Å². The van der Waals surface area contributed by atoms with Crippen molar-refractivity contribution in [2.24, 2.45) is 13.0 Å². The molecule has 0 radical (unpaired) electrons. The van der Waals surface area contributed by atoms with Crippen LogP contribution < -0.4 is 15.6 Å². The van der Waals surface area contributed by atoms with Crippen molar-refractivity contribution in [3.8, 4) is 0 Å². The fraction of sp³-hybridized carbons (Fsp3) is 0.310. The first-order valence-electron chi connectivity index (χ1n) is 13.6. The van der Waals surface area contributed by atoms with Gasteiger partial charge in [-0.2, -0.15) is 5.10 Å². The van der Waals surface area contributed by atoms with Gasteiger partial charge in [-0.1, -0.05) is 30.3 Å². The molecule has 0 unspecified atom stereocenters. The van der Waals surface area contributed by atoms with Gasteiger partial charge >= 0.3 is 5.69 Å². The lowest BCUT2D eigenvalue weighted by Crippen LogP contribution is -2.40. The number of hydrogen-bond donors (Lipinski definition) is 1. The molecule has 6 rings (SSSR count). The van der Waals surface area contributed by atoms with E-state index in [-0.39, 0.29) is 28.2 Å². The van der Waals surface area contributed by atoms with Crippen LogP contribution in [-0.2, 0) is 36.6 Å². The summed E-state index contributed by atoms with van der Waals surface area (Å²) in [7, 11) is -0.644. The van der Waals surface area contributed by atoms with Crippen LogP contribution in [0.4, 0.5) is 10.1 Å². The van der Waals surface area contributed by atoms with Crippen molar-refractivity contribution in [1.82, 2.24) is 28.9 Å². The topological polar surface area (TPSA) is 128 Å². The number of aromatic amines is 1. The molecule has 1 fully saturated rings. The van der Waals surface area contributed by atoms with Gasteiger partial charge in [0.1, 0.15) is 22.1 Å². The minimum absolute atomic E-state index is 0.136. The number of fused-ring (bicyclic) bond motifs is 1. The van der Waals surface area contributed by atoms with Gasteiger partial charge in [0.15, 0.2) is 5.65 Å². The second-order valence-electron chi connectivity index (χ2n) is 10.8. The molecule has 0 aliphatic heterocycles. The van der Waals surface area contributed by atoms with Crippen molar-refractivity contribution >= 4 is 26.9 Å². The molecular formula is C29H30FN7O4S. The summed E-state index contributed by atoms with van der Waals surface area (Å²) >= 11 is 0. The summed E-state index contributed by atoms with van der Waals surface area (Å²) in [6.07, 6.45) is 3.78. The Kier molecular flexibility index (Phi) is 6.84. The summed E-state index contributed by atoms with van der Waals surface area (Å²) in [5.74, 6) is 0.330. The highest BCUT2D eigenvalue weighted by molar-refractivity contribution is 7.92. The van der Waals surface area contributed by atoms with Gasteiger partial charge in [-0.3, -0.25) is 22.9 Å². The summed E-state index contributed by atoms with van der Waals surface area (Å²) < 4.78 is 45.9. The standard InChI is InChI=1S/C29H30FN7O4S/c1-18-24(17-34(2)33-18)42(40,41)35(3)22-12-10-19(11-13-22)14-25-31-26-27(32-25)36(15-20-8-9-20)29(39)37(28(26)38)16-21-6-4-5-7-23(21)30/h4-7,10-13,17,20H,8-9,14-16H2,1-3H3,(H,31,32). The molecule has 0 saturated heterocycles. The number of benzene rings is 2. The van der Waals surface area contributed by atoms with E-state index in [1.807, 2.05) is 0 Å². The summed E-state index contributed by atoms with van der Waals surface area (Å²) in [6.45, 7) is 1.90. The average Bonchev–Trinajstić information content (AvgIpc) is 3.58. The monoisotopic (exact) mass is 591 g/mol. The van der Waals surface area contributed by atoms with E-state index in [0.29, 0.717) is 36.1 Å². The van der Waals surface area contributed by atoms with E-state index < -0.39 is 27.1 Å². The van der Waals surface area contributed by atoms with Crippen LogP contribution in [0.15, 0.2) is 69.2 Å². The molecule has 1 N–H and O–H groups in total. The van der Waals surface area contributed by atoms with Crippen LogP contribution in [0.1, 0.15) is 35.5 Å². The van der Waals surface area contributed by atoms with Crippen LogP contribution in [-0.4, -0.2) is 44.3 Å². The normalized spacial score (nSPS) is 13.6. The lowest BCUT2D eigenvalue weighted by molar-refractivity contribution is 0.548. The van der Waals surface area contributed by atoms with Gasteiger partial charge in [-0.05, 0) is 49.4 Å². The van der Waals surface area contributed by atoms with Crippen LogP contribution in [0.25, 0.3) is 11.2 Å². The lowest BCUT2D eigenvalue weighted by atomic mass is 10.1. The Balaban J connectivity index is 1.31. The lowest BCUT2D eigenvalue weighted by Gasteiger charge is -2.19. The Labute approximate surface area is 240 Å². The minimum atomic E-state index is -3.80. The predicted molar refractivity (Wildman–Crippen MR) is 156 cm³/mol. The number of nitrogens with one attached hydrogen (secondary N) is 1. The zero-order valence-corrected chi connectivity index (χ0v) is 24.2. The second-order valence-corrected chi connectivity index (χ2v) is 12.7. The third-order valence-corrected chi connectivity index (χ3v) is 9.50. The fourth-order valence-electron chi connectivity index (χ4n) is 5.09. The molecule has 11 nitrogen and oxygen atoms in total. The van der Waals surface area contributed by atoms with Gasteiger partial charge in [-0.25, -0.2) is 22.6 Å². The van der Waals surface area contributed by atoms with E-state index in [0.717, 1.165) is 23.0 Å². The molecule has 13 heteroatoms. The number of H-pyrrole nitrogens is 1. The predicted octanol–water partition coefficient (Wildman–Crippen LogP) is 2.94. The number of halogens is 1. The van der Waals surface area contributed by atoms with Crippen LogP contribution in [0.2, 0.25) is 0 Å². The van der Waals surface area contributed by atoms with Gasteiger partial charge < -0.3 is 4.98 Å². The van der Waals surface area contributed by atoms with Crippen molar-refractivity contribution in [2.45, 2.75) is 44.2 Å². The molecule has 1 aliphatic rings. The molecular weight excluding hydrogens is 561 g/mol. The van der Waals surface area contributed by atoms with Gasteiger partial charge in [0.05, 0.1) is 17.9 Å². The Bertz CT molecular complexity index is 2040. The molecule has 0 bridgehead atoms. The quantitative estimate of drug-likeness (QED) is 0.281. The van der Waals surface area contributed by atoms with Crippen LogP contribution in [0, 0.1) is 18.7 Å². The highest BCUT2D eigenvalue weighted by Gasteiger charge is 2.27. The van der Waals surface area contributed by atoms with E-state index >= 15 is 0 Å². The number of nitrogens with zero attached hydrogens (tertiary/aromatic N) is 6. The van der Waals surface area contributed by atoms with E-state index in [1.165, 1.54) is 32.9 Å². The highest BCUT2D eigenvalue weighted by Crippen LogP contribution is 2.31. The summed E-state index contributed by atoms with van der Waals surface area (Å²) in [4.78, 5) is 34.7. The van der Waals surface area contributed by atoms with Crippen molar-refractivity contribution in [3.63, 3.8) is 0 Å². The number of anilines is 1. The van der Waals surface area contributed by atoms with Crippen LogP contribution in [0.5, 0.6) is 0 Å². The molecule has 42 heavy (non-hydrogen) atoms. The second kappa shape index (κ2) is 10.4. The first-order valence-corrected chi connectivity index (χ1v) is 15.0. The maximum absolute atomic E-state index is 14.4. The third-order valence-electron chi connectivity index (χ3n) is 7.61. The van der Waals surface area contributed by atoms with Crippen LogP contribution >= 0.6 is 0 Å². The minimum Gasteiger partial charge on any atom is -0.336 e. The van der Waals surface area contributed by atoms with E-state index in [9.17, 15) is 22.4 Å². The molecule has 0 spiro atoms. The largest absolute Gasteiger partial charge is 0.336 e. The van der Waals surface area contributed by atoms with Crippen molar-refractivity contribution in [1.29, 1.82) is 0 Å². The molecule has 1 aliphatic carbocycles. The highest BCUT2D eigenvalue weighted by atomic mass is 32.2. The van der Waals surface area contributed by atoms with E-state index in [2.05, 4.69) is 15.1 Å². The molecule has 3 heterocycles. The summed E-state index contributed by atoms with van der Waals surface area (Å²) in [5.41, 5.74) is 1.36. The number of sulfonamides is 1. The third kappa shape index (κ3) is 5.04. The SMILES string of the molecule is Cc1nn(C)cc1S(=O)(=O)N(C)c1ccc(Cc2nc3c([nH]2)c(=O)n(Cc2ccccc2F)c(=O)n3CC2CC2)cc1. The van der Waals surface area contributed by atoms with Gasteiger partial charge in [0.25, 0.3) is 15.6 Å². The summed E-state index contributed by atoms with van der Waals surface area (Å²) in [5, 5.41) is 4.14. The van der Waals surface area contributed by atoms with E-state index in [4.69, 9.17) is 0 Å². The molecule has 2 aromatic carbocycles. The number of aromatic nitrogens is 6. The van der Waals surface area contributed by atoms with Crippen molar-refractivity contribution < 1.29 is 12.8 Å². The van der Waals surface area contributed by atoms with Gasteiger partial charge in [-0.15, -0.1) is 0 Å². The molecule has 5 aromatic rings. The maximum atomic E-state index is 14.4. The van der Waals surface area contributed by atoms with Crippen molar-refractivity contribution in [2.75, 3.05) is 11.4 Å². The molecule has 218 valence electrons. The first-order chi connectivity index (χ1) is 20.0. The number of rotatable bonds is 9. The van der Waals surface area contributed by atoms with Gasteiger partial charge in [0.2, 0.25) is 0 Å². The molecule has 0 atom stereocenters. The number of hydrogen-bond acceptors (Lipinski definition) is 6. The Hall–Kier alpha value is -4.52. The summed E-state index contributed by atoms with van der Waals surface area (Å²) in [6, 6.07) is 13.1. The zero-order chi connectivity index (χ0) is 29.8. The van der Waals surface area contributed by atoms with E-state index in [1.54, 1.807) is 56.4 Å². The van der Waals surface area contributed by atoms with Crippen molar-refractivity contribution in [3.05, 3.63) is 104 Å². The fourth-order valence-corrected chi connectivity index (χ4v) is 6.49. The maximum Gasteiger partial charge on any atom is 0.333 e. The number of aryl methyl sites for hydroxylation is 2. The first kappa shape index (κ1) is 27.6. The number of imidazole rings is 1. The molecule has 3 aromatic heterocycles. The smallest absolute Gasteiger partial charge is 0.333 e. The molecule has 1 saturated carbocycles. The zero-order valence-electron chi connectivity index (χ0n) is 23.4. The molecule has 0 amide bonds. The average molecular weight is 592 g/mol. The van der Waals surface area contributed by atoms with Crippen LogP contribution in [0.3, 0.4) is 0 Å². The Morgan fingerprint density at radius 3 is 2.43 bits per heavy atom. The Morgan fingerprint density at radius 1 is 1.07 bits per heavy atom.